The third kappa shape index (κ3) is 4.12. The summed E-state index contributed by atoms with van der Waals surface area (Å²) < 4.78 is 5.21. The van der Waals surface area contributed by atoms with Gasteiger partial charge in [0.2, 0.25) is 0 Å². The summed E-state index contributed by atoms with van der Waals surface area (Å²) in [4.78, 5) is 31.8. The molecule has 6 heteroatoms. The number of aromatic nitrogens is 1. The lowest BCUT2D eigenvalue weighted by atomic mass is 9.90. The zero-order valence-electron chi connectivity index (χ0n) is 15.2. The van der Waals surface area contributed by atoms with Crippen LogP contribution in [0.15, 0.2) is 29.6 Å². The summed E-state index contributed by atoms with van der Waals surface area (Å²) in [5, 5.41) is 2.83. The molecule has 3 rings (SSSR count). The van der Waals surface area contributed by atoms with Gasteiger partial charge in [0.05, 0.1) is 12.1 Å². The molecular formula is C20H24N2O3S. The molecule has 1 aliphatic rings. The SMILES string of the molecule is CCCc1nc(C(=O)N2CCC[C@H](C(=O)c3cccc(OC)c3)C2)cs1. The van der Waals surface area contributed by atoms with Gasteiger partial charge in [0.1, 0.15) is 11.4 Å². The third-order valence-corrected chi connectivity index (χ3v) is 5.58. The van der Waals surface area contributed by atoms with Crippen LogP contribution in [0.3, 0.4) is 0 Å². The molecule has 1 aromatic carbocycles. The number of carbonyl (C=O) groups is 2. The molecule has 1 aliphatic heterocycles. The topological polar surface area (TPSA) is 59.5 Å². The van der Waals surface area contributed by atoms with E-state index in [9.17, 15) is 9.59 Å². The standard InChI is InChI=1S/C20H24N2O3S/c1-3-6-18-21-17(13-26-18)20(24)22-10-5-8-15(12-22)19(23)14-7-4-9-16(11-14)25-2/h4,7,9,11,13,15H,3,5-6,8,10,12H2,1-2H3/t15-/m0/s1. The van der Waals surface area contributed by atoms with Crippen molar-refractivity contribution in [1.29, 1.82) is 0 Å². The van der Waals surface area contributed by atoms with Crippen LogP contribution in [0.5, 0.6) is 5.75 Å². The van der Waals surface area contributed by atoms with Crippen molar-refractivity contribution in [1.82, 2.24) is 9.88 Å². The van der Waals surface area contributed by atoms with E-state index in [0.717, 1.165) is 30.7 Å². The van der Waals surface area contributed by atoms with Gasteiger partial charge in [0.25, 0.3) is 5.91 Å². The average molecular weight is 372 g/mol. The first kappa shape index (κ1) is 18.6. The number of hydrogen-bond donors (Lipinski definition) is 0. The van der Waals surface area contributed by atoms with Crippen LogP contribution in [0, 0.1) is 5.92 Å². The molecule has 2 heterocycles. The monoisotopic (exact) mass is 372 g/mol. The molecule has 0 spiro atoms. The van der Waals surface area contributed by atoms with Gasteiger partial charge in [0, 0.05) is 30.0 Å². The van der Waals surface area contributed by atoms with Crippen molar-refractivity contribution in [3.05, 3.63) is 45.9 Å². The number of aryl methyl sites for hydroxylation is 1. The van der Waals surface area contributed by atoms with Gasteiger partial charge in [-0.3, -0.25) is 9.59 Å². The van der Waals surface area contributed by atoms with Crippen LogP contribution in [0.4, 0.5) is 0 Å². The van der Waals surface area contributed by atoms with Gasteiger partial charge in [-0.1, -0.05) is 19.1 Å². The van der Waals surface area contributed by atoms with Crippen molar-refractivity contribution in [2.75, 3.05) is 20.2 Å². The fourth-order valence-electron chi connectivity index (χ4n) is 3.29. The van der Waals surface area contributed by atoms with E-state index in [1.807, 2.05) is 23.6 Å². The number of Topliss-reactive ketones (excluding diaryl/α,β-unsaturated/α-hetero) is 1. The minimum atomic E-state index is -0.173. The van der Waals surface area contributed by atoms with Gasteiger partial charge in [0.15, 0.2) is 5.78 Å². The number of nitrogens with zero attached hydrogens (tertiary/aromatic N) is 2. The van der Waals surface area contributed by atoms with Gasteiger partial charge in [-0.25, -0.2) is 4.98 Å². The van der Waals surface area contributed by atoms with Gasteiger partial charge < -0.3 is 9.64 Å². The zero-order chi connectivity index (χ0) is 18.5. The number of carbonyl (C=O) groups excluding carboxylic acids is 2. The molecule has 1 fully saturated rings. The highest BCUT2D eigenvalue weighted by Crippen LogP contribution is 2.24. The summed E-state index contributed by atoms with van der Waals surface area (Å²) in [7, 11) is 1.59. The van der Waals surface area contributed by atoms with E-state index < -0.39 is 0 Å². The average Bonchev–Trinajstić information content (AvgIpc) is 3.16. The summed E-state index contributed by atoms with van der Waals surface area (Å²) in [5.41, 5.74) is 1.15. The maximum absolute atomic E-state index is 12.9. The summed E-state index contributed by atoms with van der Waals surface area (Å²) in [6.07, 6.45) is 3.55. The van der Waals surface area contributed by atoms with E-state index in [1.54, 1.807) is 18.1 Å². The predicted molar refractivity (Wildman–Crippen MR) is 102 cm³/mol. The molecule has 138 valence electrons. The second-order valence-electron chi connectivity index (χ2n) is 6.56. The van der Waals surface area contributed by atoms with Crippen molar-refractivity contribution in [3.63, 3.8) is 0 Å². The lowest BCUT2D eigenvalue weighted by Gasteiger charge is -2.31. The highest BCUT2D eigenvalue weighted by molar-refractivity contribution is 7.09. The second kappa shape index (κ2) is 8.45. The van der Waals surface area contributed by atoms with Gasteiger partial charge in [-0.15, -0.1) is 11.3 Å². The number of ketones is 1. The molecule has 26 heavy (non-hydrogen) atoms. The first-order valence-electron chi connectivity index (χ1n) is 9.04. The number of benzene rings is 1. The van der Waals surface area contributed by atoms with Crippen LogP contribution in [-0.2, 0) is 6.42 Å². The molecule has 0 unspecified atom stereocenters. The maximum Gasteiger partial charge on any atom is 0.273 e. The summed E-state index contributed by atoms with van der Waals surface area (Å²) in [5.74, 6) is 0.511. The van der Waals surface area contributed by atoms with Crippen LogP contribution >= 0.6 is 11.3 Å². The minimum Gasteiger partial charge on any atom is -0.497 e. The van der Waals surface area contributed by atoms with Crippen LogP contribution in [0.25, 0.3) is 0 Å². The van der Waals surface area contributed by atoms with E-state index in [-0.39, 0.29) is 17.6 Å². The molecule has 1 atom stereocenters. The smallest absolute Gasteiger partial charge is 0.273 e. The van der Waals surface area contributed by atoms with E-state index in [0.29, 0.717) is 30.1 Å². The first-order valence-corrected chi connectivity index (χ1v) is 9.92. The van der Waals surface area contributed by atoms with Gasteiger partial charge in [-0.2, -0.15) is 0 Å². The Bertz CT molecular complexity index is 787. The van der Waals surface area contributed by atoms with Crippen molar-refractivity contribution >= 4 is 23.0 Å². The van der Waals surface area contributed by atoms with Crippen molar-refractivity contribution in [3.8, 4) is 5.75 Å². The molecule has 0 N–H and O–H groups in total. The number of hydrogen-bond acceptors (Lipinski definition) is 5. The van der Waals surface area contributed by atoms with Crippen molar-refractivity contribution in [2.24, 2.45) is 5.92 Å². The molecule has 0 aliphatic carbocycles. The Hall–Kier alpha value is -2.21. The van der Waals surface area contributed by atoms with Crippen LogP contribution in [-0.4, -0.2) is 41.8 Å². The van der Waals surface area contributed by atoms with E-state index in [1.165, 1.54) is 11.3 Å². The van der Waals surface area contributed by atoms with Crippen molar-refractivity contribution < 1.29 is 14.3 Å². The number of rotatable bonds is 6. The molecule has 2 aromatic rings. The Kier molecular flexibility index (Phi) is 6.04. The van der Waals surface area contributed by atoms with E-state index in [2.05, 4.69) is 11.9 Å². The number of ether oxygens (including phenoxy) is 1. The highest BCUT2D eigenvalue weighted by atomic mass is 32.1. The molecule has 0 bridgehead atoms. The Labute approximate surface area is 158 Å². The van der Waals surface area contributed by atoms with Gasteiger partial charge >= 0.3 is 0 Å². The largest absolute Gasteiger partial charge is 0.497 e. The van der Waals surface area contributed by atoms with Crippen LogP contribution < -0.4 is 4.74 Å². The van der Waals surface area contributed by atoms with E-state index in [4.69, 9.17) is 4.74 Å². The minimum absolute atomic E-state index is 0.0632. The zero-order valence-corrected chi connectivity index (χ0v) is 16.1. The van der Waals surface area contributed by atoms with Gasteiger partial charge in [-0.05, 0) is 37.8 Å². The fraction of sp³-hybridized carbons (Fsp3) is 0.450. The highest BCUT2D eigenvalue weighted by Gasteiger charge is 2.30. The molecule has 0 saturated carbocycles. The quantitative estimate of drug-likeness (QED) is 0.723. The molecular weight excluding hydrogens is 348 g/mol. The number of amides is 1. The number of piperidine rings is 1. The Morgan fingerprint density at radius 3 is 3.00 bits per heavy atom. The number of methoxy groups -OCH3 is 1. The normalized spacial score (nSPS) is 17.2. The molecule has 1 saturated heterocycles. The van der Waals surface area contributed by atoms with Crippen LogP contribution in [0.2, 0.25) is 0 Å². The van der Waals surface area contributed by atoms with E-state index >= 15 is 0 Å². The van der Waals surface area contributed by atoms with Crippen LogP contribution in [0.1, 0.15) is 52.0 Å². The lowest BCUT2D eigenvalue weighted by Crippen LogP contribution is -2.42. The molecule has 0 radical (unpaired) electrons. The number of thiazole rings is 1. The third-order valence-electron chi connectivity index (χ3n) is 4.67. The molecule has 5 nitrogen and oxygen atoms in total. The fourth-order valence-corrected chi connectivity index (χ4v) is 4.16. The summed E-state index contributed by atoms with van der Waals surface area (Å²) >= 11 is 1.54. The Balaban J connectivity index is 1.69. The summed E-state index contributed by atoms with van der Waals surface area (Å²) in [6.45, 7) is 3.24. The lowest BCUT2D eigenvalue weighted by molar-refractivity contribution is 0.0632. The first-order chi connectivity index (χ1) is 12.6. The summed E-state index contributed by atoms with van der Waals surface area (Å²) in [6, 6.07) is 7.22. The van der Waals surface area contributed by atoms with Crippen molar-refractivity contribution in [2.45, 2.75) is 32.6 Å². The predicted octanol–water partition coefficient (Wildman–Crippen LogP) is 3.84. The Morgan fingerprint density at radius 1 is 1.38 bits per heavy atom. The number of likely N-dealkylation sites (tertiary alicyclic amines) is 1. The molecule has 1 aromatic heterocycles. The maximum atomic E-state index is 12.9. The second-order valence-corrected chi connectivity index (χ2v) is 7.51. The Morgan fingerprint density at radius 2 is 2.23 bits per heavy atom. The molecule has 1 amide bonds.